The van der Waals surface area contributed by atoms with Crippen molar-refractivity contribution < 1.29 is 14.7 Å². The van der Waals surface area contributed by atoms with Gasteiger partial charge in [0, 0.05) is 11.4 Å². The van der Waals surface area contributed by atoms with E-state index in [9.17, 15) is 9.59 Å². The molecule has 0 aliphatic carbocycles. The number of anilines is 2. The van der Waals surface area contributed by atoms with Gasteiger partial charge in [-0.25, -0.2) is 0 Å². The molecule has 0 fully saturated rings. The van der Waals surface area contributed by atoms with Gasteiger partial charge in [0.2, 0.25) is 5.91 Å². The first kappa shape index (κ1) is 18.5. The SMILES string of the molecule is CC(=N)/C=C(\S)Nc1cc(N[C@H](CO)C(N)=O)ccc1C(N)=O. The number of amides is 2. The summed E-state index contributed by atoms with van der Waals surface area (Å²) >= 11 is 4.17. The van der Waals surface area contributed by atoms with Gasteiger partial charge in [-0.2, -0.15) is 0 Å². The number of benzene rings is 1. The van der Waals surface area contributed by atoms with Gasteiger partial charge in [-0.05, 0) is 31.2 Å². The largest absolute Gasteiger partial charge is 0.394 e. The number of aliphatic hydroxyl groups is 1. The molecule has 0 aliphatic rings. The smallest absolute Gasteiger partial charge is 0.250 e. The summed E-state index contributed by atoms with van der Waals surface area (Å²) in [6.45, 7) is 1.10. The maximum absolute atomic E-state index is 11.5. The van der Waals surface area contributed by atoms with Crippen LogP contribution in [0.1, 0.15) is 17.3 Å². The van der Waals surface area contributed by atoms with Crippen molar-refractivity contribution in [2.75, 3.05) is 17.2 Å². The molecule has 1 aromatic carbocycles. The van der Waals surface area contributed by atoms with Crippen LogP contribution in [-0.2, 0) is 4.79 Å². The summed E-state index contributed by atoms with van der Waals surface area (Å²) in [7, 11) is 0. The highest BCUT2D eigenvalue weighted by atomic mass is 32.1. The van der Waals surface area contributed by atoms with Gasteiger partial charge in [-0.1, -0.05) is 0 Å². The first-order valence-corrected chi connectivity index (χ1v) is 7.02. The first-order valence-electron chi connectivity index (χ1n) is 6.58. The molecule has 0 unspecified atom stereocenters. The molecule has 0 saturated heterocycles. The molecule has 0 aromatic heterocycles. The topological polar surface area (TPSA) is 154 Å². The number of aliphatic hydroxyl groups excluding tert-OH is 1. The summed E-state index contributed by atoms with van der Waals surface area (Å²) in [6.07, 6.45) is 1.45. The van der Waals surface area contributed by atoms with Crippen LogP contribution in [0.2, 0.25) is 0 Å². The average Bonchev–Trinajstić information content (AvgIpc) is 2.43. The van der Waals surface area contributed by atoms with Crippen molar-refractivity contribution in [3.8, 4) is 0 Å². The molecule has 0 bridgehead atoms. The second-order valence-corrected chi connectivity index (χ2v) is 5.23. The fraction of sp³-hybridized carbons (Fsp3) is 0.214. The fourth-order valence-electron chi connectivity index (χ4n) is 1.74. The normalized spacial score (nSPS) is 12.4. The highest BCUT2D eigenvalue weighted by molar-refractivity contribution is 7.84. The Bertz CT molecular complexity index is 660. The third kappa shape index (κ3) is 5.64. The Kier molecular flexibility index (Phi) is 6.61. The molecule has 0 saturated carbocycles. The maximum Gasteiger partial charge on any atom is 0.250 e. The van der Waals surface area contributed by atoms with E-state index in [4.69, 9.17) is 22.0 Å². The zero-order valence-corrected chi connectivity index (χ0v) is 13.4. The monoisotopic (exact) mass is 337 g/mol. The summed E-state index contributed by atoms with van der Waals surface area (Å²) < 4.78 is 0. The van der Waals surface area contributed by atoms with Gasteiger partial charge in [-0.15, -0.1) is 12.6 Å². The van der Waals surface area contributed by atoms with Crippen LogP contribution in [0.25, 0.3) is 0 Å². The Morgan fingerprint density at radius 1 is 1.43 bits per heavy atom. The highest BCUT2D eigenvalue weighted by Gasteiger charge is 2.15. The van der Waals surface area contributed by atoms with Gasteiger partial charge in [0.05, 0.1) is 22.9 Å². The van der Waals surface area contributed by atoms with E-state index in [1.165, 1.54) is 24.3 Å². The number of rotatable bonds is 8. The maximum atomic E-state index is 11.5. The molecule has 0 radical (unpaired) electrons. The quantitative estimate of drug-likeness (QED) is 0.268. The highest BCUT2D eigenvalue weighted by Crippen LogP contribution is 2.23. The van der Waals surface area contributed by atoms with E-state index >= 15 is 0 Å². The molecule has 9 heteroatoms. The summed E-state index contributed by atoms with van der Waals surface area (Å²) in [5.41, 5.74) is 11.7. The van der Waals surface area contributed by atoms with Crippen molar-refractivity contribution in [3.63, 3.8) is 0 Å². The fourth-order valence-corrected chi connectivity index (χ4v) is 2.05. The van der Waals surface area contributed by atoms with Crippen molar-refractivity contribution in [2.45, 2.75) is 13.0 Å². The minimum atomic E-state index is -0.961. The predicted octanol–water partition coefficient (Wildman–Crippen LogP) is 0.266. The molecule has 0 aliphatic heterocycles. The molecule has 1 aromatic rings. The van der Waals surface area contributed by atoms with E-state index in [1.54, 1.807) is 6.92 Å². The molecule has 23 heavy (non-hydrogen) atoms. The zero-order valence-electron chi connectivity index (χ0n) is 12.5. The van der Waals surface area contributed by atoms with E-state index < -0.39 is 24.5 Å². The average molecular weight is 337 g/mol. The van der Waals surface area contributed by atoms with Crippen LogP contribution < -0.4 is 22.1 Å². The molecular formula is C14H19N5O3S. The minimum Gasteiger partial charge on any atom is -0.394 e. The number of hydrogen-bond donors (Lipinski definition) is 7. The second-order valence-electron chi connectivity index (χ2n) is 4.74. The van der Waals surface area contributed by atoms with Crippen LogP contribution in [0.3, 0.4) is 0 Å². The summed E-state index contributed by atoms with van der Waals surface area (Å²) in [6, 6.07) is 3.55. The van der Waals surface area contributed by atoms with Gasteiger partial charge >= 0.3 is 0 Å². The van der Waals surface area contributed by atoms with Crippen molar-refractivity contribution in [1.29, 1.82) is 5.41 Å². The molecule has 0 heterocycles. The van der Waals surface area contributed by atoms with Crippen LogP contribution in [-0.4, -0.2) is 35.3 Å². The Labute approximate surface area is 138 Å². The summed E-state index contributed by atoms with van der Waals surface area (Å²) in [4.78, 5) is 22.6. The summed E-state index contributed by atoms with van der Waals surface area (Å²) in [5, 5.41) is 22.4. The molecule has 0 spiro atoms. The van der Waals surface area contributed by atoms with Crippen molar-refractivity contribution in [2.24, 2.45) is 11.5 Å². The van der Waals surface area contributed by atoms with Crippen LogP contribution in [0.5, 0.6) is 0 Å². The zero-order chi connectivity index (χ0) is 17.6. The van der Waals surface area contributed by atoms with E-state index in [0.29, 0.717) is 16.4 Å². The van der Waals surface area contributed by atoms with Crippen molar-refractivity contribution in [1.82, 2.24) is 0 Å². The van der Waals surface area contributed by atoms with Crippen molar-refractivity contribution in [3.05, 3.63) is 34.9 Å². The minimum absolute atomic E-state index is 0.206. The molecule has 8 N–H and O–H groups in total. The molecular weight excluding hydrogens is 318 g/mol. The van der Waals surface area contributed by atoms with Gasteiger partial charge < -0.3 is 32.6 Å². The number of allylic oxidation sites excluding steroid dienone is 1. The second kappa shape index (κ2) is 8.20. The Morgan fingerprint density at radius 2 is 2.09 bits per heavy atom. The Morgan fingerprint density at radius 3 is 2.57 bits per heavy atom. The van der Waals surface area contributed by atoms with E-state index in [0.717, 1.165) is 0 Å². The third-order valence-electron chi connectivity index (χ3n) is 2.77. The third-order valence-corrected chi connectivity index (χ3v) is 3.01. The Hall–Kier alpha value is -2.52. The van der Waals surface area contributed by atoms with Crippen LogP contribution in [0.4, 0.5) is 11.4 Å². The molecule has 2 amide bonds. The summed E-state index contributed by atoms with van der Waals surface area (Å²) in [5.74, 6) is -1.37. The lowest BCUT2D eigenvalue weighted by atomic mass is 10.1. The predicted molar refractivity (Wildman–Crippen MR) is 92.7 cm³/mol. The molecule has 1 atom stereocenters. The van der Waals surface area contributed by atoms with Gasteiger partial charge in [0.25, 0.3) is 5.91 Å². The number of hydrogen-bond acceptors (Lipinski definition) is 7. The van der Waals surface area contributed by atoms with Gasteiger partial charge in [0.1, 0.15) is 6.04 Å². The van der Waals surface area contributed by atoms with Crippen LogP contribution in [0, 0.1) is 5.41 Å². The van der Waals surface area contributed by atoms with Gasteiger partial charge in [0.15, 0.2) is 0 Å². The Balaban J connectivity index is 3.14. The number of nitrogens with two attached hydrogens (primary N) is 2. The van der Waals surface area contributed by atoms with Crippen molar-refractivity contribution >= 4 is 41.5 Å². The number of carbonyl (C=O) groups is 2. The van der Waals surface area contributed by atoms with Crippen LogP contribution in [0.15, 0.2) is 29.3 Å². The van der Waals surface area contributed by atoms with Gasteiger partial charge in [-0.3, -0.25) is 9.59 Å². The lowest BCUT2D eigenvalue weighted by Crippen LogP contribution is -2.38. The van der Waals surface area contributed by atoms with E-state index in [-0.39, 0.29) is 11.3 Å². The lowest BCUT2D eigenvalue weighted by Gasteiger charge is -2.17. The van der Waals surface area contributed by atoms with E-state index in [1.807, 2.05) is 0 Å². The first-order chi connectivity index (χ1) is 10.7. The molecule has 1 rings (SSSR count). The number of primary amides is 2. The number of nitrogens with one attached hydrogen (secondary N) is 3. The van der Waals surface area contributed by atoms with Crippen LogP contribution >= 0.6 is 12.6 Å². The lowest BCUT2D eigenvalue weighted by molar-refractivity contribution is -0.119. The number of carbonyl (C=O) groups excluding carboxylic acids is 2. The molecule has 8 nitrogen and oxygen atoms in total. The standard InChI is InChI=1S/C14H19N5O3S/c1-7(15)4-12(23)19-10-5-8(2-3-9(10)13(16)21)18-11(6-20)14(17)22/h2-5,11,15,18-20,23H,6H2,1H3,(H2,16,21)(H2,17,22)/b12-4-,15-7?/t11-/m1/s1. The van der Waals surface area contributed by atoms with E-state index in [2.05, 4.69) is 23.3 Å². The molecule has 124 valence electrons. The number of thiol groups is 1.